The van der Waals surface area contributed by atoms with Crippen molar-refractivity contribution in [2.75, 3.05) is 18.0 Å². The highest BCUT2D eigenvalue weighted by Crippen LogP contribution is 2.31. The van der Waals surface area contributed by atoms with E-state index in [-0.39, 0.29) is 0 Å². The van der Waals surface area contributed by atoms with E-state index in [2.05, 4.69) is 45.2 Å². The lowest BCUT2D eigenvalue weighted by Crippen LogP contribution is -2.39. The normalized spacial score (nSPS) is 13.3. The van der Waals surface area contributed by atoms with Crippen LogP contribution in [0.15, 0.2) is 91.4 Å². The van der Waals surface area contributed by atoms with Crippen LogP contribution in [0.25, 0.3) is 11.1 Å². The third-order valence-electron chi connectivity index (χ3n) is 5.95. The largest absolute Gasteiger partial charge is 0.364 e. The number of carbonyl (C=O) groups excluding carboxylic acids is 2. The molecule has 0 aliphatic carbocycles. The van der Waals surface area contributed by atoms with Gasteiger partial charge in [-0.25, -0.2) is 4.98 Å². The number of nitrogens with zero attached hydrogens (tertiary/aromatic N) is 3. The number of H-pyrrole nitrogens is 1. The molecule has 1 amide bonds. The van der Waals surface area contributed by atoms with Gasteiger partial charge in [-0.3, -0.25) is 9.59 Å². The van der Waals surface area contributed by atoms with Gasteiger partial charge in [0.2, 0.25) is 5.78 Å². The van der Waals surface area contributed by atoms with Crippen LogP contribution in [0.4, 0.5) is 5.69 Å². The van der Waals surface area contributed by atoms with Crippen LogP contribution in [0, 0.1) is 0 Å². The van der Waals surface area contributed by atoms with Gasteiger partial charge in [0.25, 0.3) is 5.91 Å². The second kappa shape index (κ2) is 9.12. The van der Waals surface area contributed by atoms with E-state index in [0.717, 1.165) is 28.1 Å². The first kappa shape index (κ1) is 20.7. The Kier molecular flexibility index (Phi) is 5.72. The maximum atomic E-state index is 13.2. The summed E-state index contributed by atoms with van der Waals surface area (Å²) in [6, 6.07) is 25.3. The molecule has 1 N–H and O–H groups in total. The van der Waals surface area contributed by atoms with Crippen LogP contribution in [0.3, 0.4) is 0 Å². The lowest BCUT2D eigenvalue weighted by atomic mass is 10.0. The number of imidazole rings is 1. The van der Waals surface area contributed by atoms with E-state index in [1.807, 2.05) is 30.5 Å². The van der Waals surface area contributed by atoms with Crippen molar-refractivity contribution in [3.63, 3.8) is 0 Å². The van der Waals surface area contributed by atoms with Gasteiger partial charge in [-0.1, -0.05) is 66.7 Å². The molecule has 0 atom stereocenters. The quantitative estimate of drug-likeness (QED) is 0.374. The topological polar surface area (TPSA) is 69.3 Å². The van der Waals surface area contributed by atoms with E-state index < -0.39 is 11.7 Å². The predicted molar refractivity (Wildman–Crippen MR) is 128 cm³/mol. The zero-order valence-corrected chi connectivity index (χ0v) is 18.1. The standard InChI is InChI=1S/C27H24N4O2/c32-26(21-9-5-2-6-10-21)27(33)31-14-13-30(18-24-16-28-19-29-24)25-12-11-22(15-23(25)17-31)20-7-3-1-4-8-20/h1-12,15-16,19H,13-14,17-18H2,(H,28,29). The number of Topliss-reactive ketones (excluding diaryl/α,β-unsaturated/α-hetero) is 1. The summed E-state index contributed by atoms with van der Waals surface area (Å²) >= 11 is 0. The van der Waals surface area contributed by atoms with Crippen molar-refractivity contribution in [1.82, 2.24) is 14.9 Å². The van der Waals surface area contributed by atoms with Gasteiger partial charge in [-0.15, -0.1) is 0 Å². The highest BCUT2D eigenvalue weighted by Gasteiger charge is 2.28. The van der Waals surface area contributed by atoms with Crippen LogP contribution in [-0.2, 0) is 17.9 Å². The highest BCUT2D eigenvalue weighted by atomic mass is 16.2. The number of carbonyl (C=O) groups is 2. The van der Waals surface area contributed by atoms with Gasteiger partial charge in [0.05, 0.1) is 18.6 Å². The van der Waals surface area contributed by atoms with Crippen LogP contribution in [0.5, 0.6) is 0 Å². The molecule has 1 aliphatic rings. The van der Waals surface area contributed by atoms with Gasteiger partial charge in [0.1, 0.15) is 0 Å². The Bertz CT molecular complexity index is 1250. The van der Waals surface area contributed by atoms with Gasteiger partial charge >= 0.3 is 0 Å². The number of fused-ring (bicyclic) bond motifs is 1. The van der Waals surface area contributed by atoms with E-state index in [9.17, 15) is 9.59 Å². The van der Waals surface area contributed by atoms with Crippen molar-refractivity contribution in [2.45, 2.75) is 13.1 Å². The van der Waals surface area contributed by atoms with E-state index in [4.69, 9.17) is 0 Å². The SMILES string of the molecule is O=C(C(=O)N1CCN(Cc2c[nH]cn2)c2ccc(-c3ccccc3)cc2C1)c1ccccc1. The van der Waals surface area contributed by atoms with Crippen molar-refractivity contribution < 1.29 is 9.59 Å². The van der Waals surface area contributed by atoms with Crippen molar-refractivity contribution in [3.8, 4) is 11.1 Å². The summed E-state index contributed by atoms with van der Waals surface area (Å²) in [4.78, 5) is 37.3. The van der Waals surface area contributed by atoms with Crippen molar-refractivity contribution in [1.29, 1.82) is 0 Å². The number of ketones is 1. The van der Waals surface area contributed by atoms with E-state index >= 15 is 0 Å². The Morgan fingerprint density at radius 3 is 2.36 bits per heavy atom. The zero-order valence-electron chi connectivity index (χ0n) is 18.1. The van der Waals surface area contributed by atoms with Gasteiger partial charge in [0.15, 0.2) is 0 Å². The van der Waals surface area contributed by atoms with Crippen LogP contribution in [0.2, 0.25) is 0 Å². The molecule has 0 fully saturated rings. The molecule has 164 valence electrons. The number of hydrogen-bond donors (Lipinski definition) is 1. The molecule has 4 aromatic rings. The summed E-state index contributed by atoms with van der Waals surface area (Å²) in [6.45, 7) is 2.07. The molecule has 0 bridgehead atoms. The minimum Gasteiger partial charge on any atom is -0.364 e. The second-order valence-corrected chi connectivity index (χ2v) is 8.11. The molecule has 3 aromatic carbocycles. The predicted octanol–water partition coefficient (Wildman–Crippen LogP) is 4.31. The number of benzene rings is 3. The van der Waals surface area contributed by atoms with Gasteiger partial charge < -0.3 is 14.8 Å². The maximum Gasteiger partial charge on any atom is 0.295 e. The van der Waals surface area contributed by atoms with Gasteiger partial charge in [0, 0.05) is 37.1 Å². The Morgan fingerprint density at radius 2 is 1.64 bits per heavy atom. The summed E-state index contributed by atoms with van der Waals surface area (Å²) < 4.78 is 0. The molecule has 6 heteroatoms. The third-order valence-corrected chi connectivity index (χ3v) is 5.95. The minimum atomic E-state index is -0.475. The van der Waals surface area contributed by atoms with Crippen molar-refractivity contribution >= 4 is 17.4 Å². The fraction of sp³-hybridized carbons (Fsp3) is 0.148. The summed E-state index contributed by atoms with van der Waals surface area (Å²) in [5.41, 5.74) is 5.60. The first-order valence-electron chi connectivity index (χ1n) is 11.0. The van der Waals surface area contributed by atoms with Gasteiger partial charge in [-0.05, 0) is 28.8 Å². The van der Waals surface area contributed by atoms with Crippen LogP contribution in [-0.4, -0.2) is 39.6 Å². The first-order chi connectivity index (χ1) is 16.2. The average molecular weight is 437 g/mol. The Balaban J connectivity index is 1.49. The summed E-state index contributed by atoms with van der Waals surface area (Å²) in [5.74, 6) is -0.948. The monoisotopic (exact) mass is 436 g/mol. The number of anilines is 1. The molecule has 0 unspecified atom stereocenters. The molecule has 0 spiro atoms. The summed E-state index contributed by atoms with van der Waals surface area (Å²) in [6.07, 6.45) is 3.55. The van der Waals surface area contributed by atoms with Crippen molar-refractivity contribution in [2.24, 2.45) is 0 Å². The van der Waals surface area contributed by atoms with Gasteiger partial charge in [-0.2, -0.15) is 0 Å². The first-order valence-corrected chi connectivity index (χ1v) is 11.0. The van der Waals surface area contributed by atoms with E-state index in [1.54, 1.807) is 35.5 Å². The number of nitrogens with one attached hydrogen (secondary N) is 1. The molecule has 2 heterocycles. The number of rotatable bonds is 5. The lowest BCUT2D eigenvalue weighted by molar-refractivity contribution is -0.126. The van der Waals surface area contributed by atoms with E-state index in [1.165, 1.54) is 0 Å². The molecular formula is C27H24N4O2. The molecule has 33 heavy (non-hydrogen) atoms. The Labute approximate surface area is 192 Å². The minimum absolute atomic E-state index is 0.379. The average Bonchev–Trinajstić information content (AvgIpc) is 3.32. The number of aromatic amines is 1. The smallest absolute Gasteiger partial charge is 0.295 e. The fourth-order valence-corrected chi connectivity index (χ4v) is 4.24. The summed E-state index contributed by atoms with van der Waals surface area (Å²) in [5, 5.41) is 0. The number of hydrogen-bond acceptors (Lipinski definition) is 4. The molecule has 1 aromatic heterocycles. The second-order valence-electron chi connectivity index (χ2n) is 8.11. The maximum absolute atomic E-state index is 13.2. The zero-order chi connectivity index (χ0) is 22.6. The fourth-order valence-electron chi connectivity index (χ4n) is 4.24. The van der Waals surface area contributed by atoms with Crippen LogP contribution >= 0.6 is 0 Å². The Morgan fingerprint density at radius 1 is 0.879 bits per heavy atom. The molecule has 5 rings (SSSR count). The summed E-state index contributed by atoms with van der Waals surface area (Å²) in [7, 11) is 0. The molecule has 0 saturated heterocycles. The molecule has 0 radical (unpaired) electrons. The molecule has 1 aliphatic heterocycles. The van der Waals surface area contributed by atoms with Crippen LogP contribution < -0.4 is 4.90 Å². The highest BCUT2D eigenvalue weighted by molar-refractivity contribution is 6.42. The lowest BCUT2D eigenvalue weighted by Gasteiger charge is -2.24. The molecular weight excluding hydrogens is 412 g/mol. The molecule has 6 nitrogen and oxygen atoms in total. The Hall–Kier alpha value is -4.19. The van der Waals surface area contributed by atoms with E-state index in [0.29, 0.717) is 31.7 Å². The molecule has 0 saturated carbocycles. The van der Waals surface area contributed by atoms with Crippen molar-refractivity contribution in [3.05, 3.63) is 108 Å². The third kappa shape index (κ3) is 4.41. The number of amides is 1. The number of aromatic nitrogens is 2. The van der Waals surface area contributed by atoms with Crippen LogP contribution in [0.1, 0.15) is 21.6 Å².